The minimum Gasteiger partial charge on any atom is -0.368 e. The zero-order chi connectivity index (χ0) is 27.6. The fourth-order valence-electron chi connectivity index (χ4n) is 3.39. The normalized spacial score (nSPS) is 16.0. The zero-order valence-electron chi connectivity index (χ0n) is 18.6. The SMILES string of the molecule is O=C(CSc1ccc(S(=O)C(F)(F)C(F)(F)C(F)(F)F)cc1[N+](=O)[O-])N1CCN(c2ccccc2)CC1. The van der Waals surface area contributed by atoms with Gasteiger partial charge in [-0.2, -0.15) is 30.7 Å². The number of rotatable bonds is 8. The Morgan fingerprint density at radius 1 is 0.973 bits per heavy atom. The number of thioether (sulfide) groups is 1. The Hall–Kier alpha value is -2.88. The Balaban J connectivity index is 1.69. The molecule has 1 saturated heterocycles. The third-order valence-corrected chi connectivity index (χ3v) is 7.85. The van der Waals surface area contributed by atoms with Crippen LogP contribution in [0.15, 0.2) is 58.3 Å². The van der Waals surface area contributed by atoms with Crippen LogP contribution >= 0.6 is 11.8 Å². The van der Waals surface area contributed by atoms with Gasteiger partial charge in [0.15, 0.2) is 0 Å². The van der Waals surface area contributed by atoms with Crippen molar-refractivity contribution in [3.63, 3.8) is 0 Å². The number of amides is 1. The summed E-state index contributed by atoms with van der Waals surface area (Å²) in [6, 6.07) is 11.0. The number of hydrogen-bond acceptors (Lipinski definition) is 6. The van der Waals surface area contributed by atoms with E-state index in [9.17, 15) is 49.9 Å². The van der Waals surface area contributed by atoms with Gasteiger partial charge >= 0.3 is 17.4 Å². The summed E-state index contributed by atoms with van der Waals surface area (Å²) in [4.78, 5) is 24.9. The molecule has 7 nitrogen and oxygen atoms in total. The lowest BCUT2D eigenvalue weighted by atomic mass is 10.2. The first-order valence-corrected chi connectivity index (χ1v) is 12.5. The molecule has 37 heavy (non-hydrogen) atoms. The van der Waals surface area contributed by atoms with Crippen LogP contribution in [0.3, 0.4) is 0 Å². The number of carbonyl (C=O) groups excluding carboxylic acids is 1. The van der Waals surface area contributed by atoms with E-state index in [0.29, 0.717) is 44.0 Å². The summed E-state index contributed by atoms with van der Waals surface area (Å²) < 4.78 is 103. The predicted octanol–water partition coefficient (Wildman–Crippen LogP) is 4.93. The van der Waals surface area contributed by atoms with Crippen molar-refractivity contribution in [2.75, 3.05) is 36.8 Å². The topological polar surface area (TPSA) is 83.8 Å². The van der Waals surface area contributed by atoms with Crippen LogP contribution in [0.1, 0.15) is 0 Å². The lowest BCUT2D eigenvalue weighted by Crippen LogP contribution is -2.54. The second-order valence-electron chi connectivity index (χ2n) is 7.74. The summed E-state index contributed by atoms with van der Waals surface area (Å²) in [6.45, 7) is 1.82. The van der Waals surface area contributed by atoms with Crippen LogP contribution in [0.25, 0.3) is 0 Å². The molecular formula is C21H18F7N3O4S2. The van der Waals surface area contributed by atoms with Crippen LogP contribution in [0.2, 0.25) is 0 Å². The highest BCUT2D eigenvalue weighted by Gasteiger charge is 2.76. The van der Waals surface area contributed by atoms with E-state index in [2.05, 4.69) is 4.90 Å². The number of benzene rings is 2. The van der Waals surface area contributed by atoms with E-state index in [4.69, 9.17) is 0 Å². The van der Waals surface area contributed by atoms with Crippen molar-refractivity contribution in [2.24, 2.45) is 0 Å². The Bertz CT molecular complexity index is 1170. The molecule has 1 heterocycles. The van der Waals surface area contributed by atoms with Crippen molar-refractivity contribution in [1.29, 1.82) is 0 Å². The van der Waals surface area contributed by atoms with Gasteiger partial charge in [0.2, 0.25) is 5.91 Å². The number of alkyl halides is 7. The van der Waals surface area contributed by atoms with Gasteiger partial charge in [-0.3, -0.25) is 14.9 Å². The standard InChI is InChI=1S/C21H18F7N3O4S2/c22-19(23,20(24,25)26)21(27,28)37(35)15-6-7-17(16(12-15)31(33)34)36-13-18(32)30-10-8-29(9-11-30)14-4-2-1-3-5-14/h1-7,12H,8-11,13H2. The van der Waals surface area contributed by atoms with Gasteiger partial charge in [0.1, 0.15) is 10.8 Å². The maximum Gasteiger partial charge on any atom is 0.461 e. The maximum atomic E-state index is 13.8. The molecule has 0 N–H and O–H groups in total. The molecule has 1 aliphatic rings. The number of hydrogen-bond donors (Lipinski definition) is 0. The molecule has 0 aliphatic carbocycles. The first-order chi connectivity index (χ1) is 17.2. The number of carbonyl (C=O) groups is 1. The predicted molar refractivity (Wildman–Crippen MR) is 121 cm³/mol. The fourth-order valence-corrected chi connectivity index (χ4v) is 5.35. The minimum atomic E-state index is -6.71. The number of anilines is 1. The number of halogens is 7. The van der Waals surface area contributed by atoms with Crippen LogP contribution in [-0.2, 0) is 15.6 Å². The maximum absolute atomic E-state index is 13.8. The zero-order valence-corrected chi connectivity index (χ0v) is 20.2. The first-order valence-electron chi connectivity index (χ1n) is 10.4. The highest BCUT2D eigenvalue weighted by atomic mass is 32.2. The van der Waals surface area contributed by atoms with Gasteiger partial charge in [0.05, 0.1) is 20.5 Å². The van der Waals surface area contributed by atoms with Gasteiger partial charge < -0.3 is 9.80 Å². The van der Waals surface area contributed by atoms with Gasteiger partial charge in [0.25, 0.3) is 5.69 Å². The molecule has 1 unspecified atom stereocenters. The van der Waals surface area contributed by atoms with E-state index >= 15 is 0 Å². The molecule has 16 heteroatoms. The smallest absolute Gasteiger partial charge is 0.368 e. The summed E-state index contributed by atoms with van der Waals surface area (Å²) >= 11 is 0.651. The molecule has 2 aromatic rings. The van der Waals surface area contributed by atoms with Crippen molar-refractivity contribution in [3.8, 4) is 0 Å². The highest BCUT2D eigenvalue weighted by molar-refractivity contribution is 8.00. The largest absolute Gasteiger partial charge is 0.461 e. The summed E-state index contributed by atoms with van der Waals surface area (Å²) in [5.41, 5.74) is 0.0133. The molecule has 1 aliphatic heterocycles. The van der Waals surface area contributed by atoms with Crippen LogP contribution < -0.4 is 4.90 Å². The average molecular weight is 574 g/mol. The van der Waals surface area contributed by atoms with Gasteiger partial charge in [0, 0.05) is 37.9 Å². The van der Waals surface area contributed by atoms with E-state index in [-0.39, 0.29) is 22.6 Å². The summed E-state index contributed by atoms with van der Waals surface area (Å²) in [5.74, 6) is -7.32. The third kappa shape index (κ3) is 6.00. The monoisotopic (exact) mass is 573 g/mol. The van der Waals surface area contributed by atoms with E-state index in [1.165, 1.54) is 4.90 Å². The Kier molecular flexibility index (Phi) is 8.41. The molecule has 2 aromatic carbocycles. The summed E-state index contributed by atoms with van der Waals surface area (Å²) in [6.07, 6.45) is -6.71. The van der Waals surface area contributed by atoms with Crippen LogP contribution in [0.4, 0.5) is 42.1 Å². The molecule has 1 atom stereocenters. The van der Waals surface area contributed by atoms with Gasteiger partial charge in [-0.25, -0.2) is 4.21 Å². The molecular weight excluding hydrogens is 555 g/mol. The quantitative estimate of drug-likeness (QED) is 0.193. The molecule has 0 saturated carbocycles. The number of piperazine rings is 1. The summed E-state index contributed by atoms with van der Waals surface area (Å²) in [7, 11) is -4.28. The van der Waals surface area contributed by atoms with Crippen molar-refractivity contribution < 1.29 is 44.7 Å². The Morgan fingerprint density at radius 2 is 1.57 bits per heavy atom. The van der Waals surface area contributed by atoms with Gasteiger partial charge in [-0.1, -0.05) is 18.2 Å². The van der Waals surface area contributed by atoms with Crippen molar-refractivity contribution in [2.45, 2.75) is 27.1 Å². The third-order valence-electron chi connectivity index (χ3n) is 5.40. The molecule has 0 radical (unpaired) electrons. The molecule has 0 bridgehead atoms. The second-order valence-corrected chi connectivity index (χ2v) is 10.3. The van der Waals surface area contributed by atoms with Crippen LogP contribution in [0.5, 0.6) is 0 Å². The lowest BCUT2D eigenvalue weighted by molar-refractivity contribution is -0.388. The summed E-state index contributed by atoms with van der Waals surface area (Å²) in [5, 5.41) is 5.30. The van der Waals surface area contributed by atoms with E-state index in [0.717, 1.165) is 11.8 Å². The number of nitrogens with zero attached hydrogens (tertiary/aromatic N) is 3. The van der Waals surface area contributed by atoms with Crippen LogP contribution in [0, 0.1) is 10.1 Å². The number of para-hydroxylation sites is 1. The van der Waals surface area contributed by atoms with E-state index in [1.54, 1.807) is 0 Å². The fraction of sp³-hybridized carbons (Fsp3) is 0.381. The molecule has 3 rings (SSSR count). The lowest BCUT2D eigenvalue weighted by Gasteiger charge is -2.36. The molecule has 202 valence electrons. The Labute approximate surface area is 212 Å². The first kappa shape index (κ1) is 28.7. The second kappa shape index (κ2) is 10.8. The molecule has 1 fully saturated rings. The van der Waals surface area contributed by atoms with Crippen LogP contribution in [-0.4, -0.2) is 69.2 Å². The minimum absolute atomic E-state index is 0.238. The molecule has 0 aromatic heterocycles. The van der Waals surface area contributed by atoms with Gasteiger partial charge in [-0.15, -0.1) is 11.8 Å². The van der Waals surface area contributed by atoms with Crippen molar-refractivity contribution in [3.05, 3.63) is 58.6 Å². The number of nitro groups is 1. The van der Waals surface area contributed by atoms with Crippen molar-refractivity contribution >= 4 is 39.8 Å². The van der Waals surface area contributed by atoms with Crippen molar-refractivity contribution in [1.82, 2.24) is 4.90 Å². The average Bonchev–Trinajstić information content (AvgIpc) is 2.86. The van der Waals surface area contributed by atoms with E-state index < -0.39 is 43.7 Å². The van der Waals surface area contributed by atoms with E-state index in [1.807, 2.05) is 30.3 Å². The Morgan fingerprint density at radius 3 is 2.11 bits per heavy atom. The highest BCUT2D eigenvalue weighted by Crippen LogP contribution is 2.49. The number of nitro benzene ring substituents is 1. The van der Waals surface area contributed by atoms with Gasteiger partial charge in [-0.05, 0) is 24.3 Å². The molecule has 0 spiro atoms. The molecule has 1 amide bonds.